The van der Waals surface area contributed by atoms with E-state index in [1.165, 1.54) is 20.1 Å². The monoisotopic (exact) mass is 512 g/mol. The van der Waals surface area contributed by atoms with Crippen molar-refractivity contribution in [3.05, 3.63) is 52.6 Å². The molecular formula is C23H24F4N4O3S. The Morgan fingerprint density at radius 1 is 1.14 bits per heavy atom. The maximum atomic E-state index is 14.7. The molecule has 4 rings (SSSR count). The third-order valence-corrected chi connectivity index (χ3v) is 7.85. The molecule has 1 aliphatic rings. The van der Waals surface area contributed by atoms with Crippen LogP contribution in [-0.2, 0) is 16.0 Å². The Morgan fingerprint density at radius 2 is 1.83 bits per heavy atom. The van der Waals surface area contributed by atoms with E-state index in [1.807, 2.05) is 0 Å². The van der Waals surface area contributed by atoms with E-state index in [-0.39, 0.29) is 28.8 Å². The molecule has 0 saturated carbocycles. The minimum atomic E-state index is -4.82. The Balaban J connectivity index is 1.75. The number of rotatable bonds is 5. The lowest BCUT2D eigenvalue weighted by Gasteiger charge is -2.24. The van der Waals surface area contributed by atoms with E-state index in [1.54, 1.807) is 13.0 Å². The van der Waals surface area contributed by atoms with Gasteiger partial charge < -0.3 is 10.1 Å². The highest BCUT2D eigenvalue weighted by molar-refractivity contribution is 7.91. The summed E-state index contributed by atoms with van der Waals surface area (Å²) in [4.78, 5) is 13.2. The number of ether oxygens (including phenoxy) is 1. The Labute approximate surface area is 199 Å². The predicted molar refractivity (Wildman–Crippen MR) is 123 cm³/mol. The lowest BCUT2D eigenvalue weighted by atomic mass is 9.93. The van der Waals surface area contributed by atoms with Gasteiger partial charge in [-0.15, -0.1) is 0 Å². The fourth-order valence-corrected chi connectivity index (χ4v) is 5.81. The first-order valence-corrected chi connectivity index (χ1v) is 12.8. The summed E-state index contributed by atoms with van der Waals surface area (Å²) in [6, 6.07) is 4.04. The summed E-state index contributed by atoms with van der Waals surface area (Å²) in [5.74, 6) is -0.403. The zero-order valence-corrected chi connectivity index (χ0v) is 20.1. The van der Waals surface area contributed by atoms with Crippen LogP contribution in [0.1, 0.15) is 54.2 Å². The molecule has 7 nitrogen and oxygen atoms in total. The van der Waals surface area contributed by atoms with Gasteiger partial charge in [0.2, 0.25) is 5.88 Å². The number of methoxy groups -OCH3 is 1. The fourth-order valence-electron chi connectivity index (χ4n) is 4.32. The predicted octanol–water partition coefficient (Wildman–Crippen LogP) is 4.97. The number of hydrogen-bond donors (Lipinski definition) is 1. The van der Waals surface area contributed by atoms with Crippen LogP contribution in [0.15, 0.2) is 24.3 Å². The first kappa shape index (κ1) is 25.1. The molecule has 0 radical (unpaired) electrons. The van der Waals surface area contributed by atoms with Gasteiger partial charge in [-0.25, -0.2) is 22.8 Å². The SMILES string of the molecule is COc1nc2nc(C)nc(N[C@H](C)c3cccc(C(F)(F)F)c3F)c2cc1C1CCS(=O)(=O)CC1. The molecule has 3 aromatic rings. The molecule has 1 N–H and O–H groups in total. The molecule has 0 unspecified atom stereocenters. The number of aromatic nitrogens is 3. The van der Waals surface area contributed by atoms with Crippen LogP contribution in [0.2, 0.25) is 0 Å². The van der Waals surface area contributed by atoms with Crippen LogP contribution < -0.4 is 10.1 Å². The maximum absolute atomic E-state index is 14.7. The third-order valence-electron chi connectivity index (χ3n) is 6.13. The minimum Gasteiger partial charge on any atom is -0.481 e. The topological polar surface area (TPSA) is 94.1 Å². The van der Waals surface area contributed by atoms with Crippen molar-refractivity contribution in [3.63, 3.8) is 0 Å². The van der Waals surface area contributed by atoms with E-state index in [0.717, 1.165) is 6.07 Å². The Bertz CT molecular complexity index is 1370. The smallest absolute Gasteiger partial charge is 0.419 e. The number of nitrogens with one attached hydrogen (secondary N) is 1. The van der Waals surface area contributed by atoms with Gasteiger partial charge in [0.1, 0.15) is 27.3 Å². The van der Waals surface area contributed by atoms with Crippen molar-refractivity contribution in [2.45, 2.75) is 44.8 Å². The van der Waals surface area contributed by atoms with Crippen LogP contribution in [0.3, 0.4) is 0 Å². The molecule has 1 fully saturated rings. The molecule has 0 aliphatic carbocycles. The van der Waals surface area contributed by atoms with Crippen LogP contribution in [0.25, 0.3) is 11.0 Å². The number of nitrogens with zero attached hydrogens (tertiary/aromatic N) is 3. The van der Waals surface area contributed by atoms with E-state index in [2.05, 4.69) is 20.3 Å². The van der Waals surface area contributed by atoms with Gasteiger partial charge in [-0.2, -0.15) is 18.2 Å². The highest BCUT2D eigenvalue weighted by Gasteiger charge is 2.35. The van der Waals surface area contributed by atoms with Gasteiger partial charge >= 0.3 is 6.18 Å². The summed E-state index contributed by atoms with van der Waals surface area (Å²) in [6.07, 6.45) is -4.00. The molecule has 0 bridgehead atoms. The Kier molecular flexibility index (Phi) is 6.60. The number of benzene rings is 1. The zero-order valence-electron chi connectivity index (χ0n) is 19.3. The highest BCUT2D eigenvalue weighted by Crippen LogP contribution is 2.38. The van der Waals surface area contributed by atoms with Gasteiger partial charge in [-0.3, -0.25) is 0 Å². The quantitative estimate of drug-likeness (QED) is 0.483. The molecular weight excluding hydrogens is 488 g/mol. The van der Waals surface area contributed by atoms with Gasteiger partial charge in [0.15, 0.2) is 5.65 Å². The van der Waals surface area contributed by atoms with E-state index in [4.69, 9.17) is 4.74 Å². The second-order valence-electron chi connectivity index (χ2n) is 8.58. The second-order valence-corrected chi connectivity index (χ2v) is 10.9. The van der Waals surface area contributed by atoms with Crippen molar-refractivity contribution in [2.75, 3.05) is 23.9 Å². The number of fused-ring (bicyclic) bond motifs is 1. The van der Waals surface area contributed by atoms with Crippen LogP contribution in [0.4, 0.5) is 23.4 Å². The molecule has 1 saturated heterocycles. The lowest BCUT2D eigenvalue weighted by Crippen LogP contribution is -2.22. The summed E-state index contributed by atoms with van der Waals surface area (Å²) in [5.41, 5.74) is -0.513. The van der Waals surface area contributed by atoms with Crippen LogP contribution in [0, 0.1) is 12.7 Å². The third kappa shape index (κ3) is 5.16. The van der Waals surface area contributed by atoms with Crippen molar-refractivity contribution in [2.24, 2.45) is 0 Å². The van der Waals surface area contributed by atoms with Gasteiger partial charge in [0, 0.05) is 11.1 Å². The molecule has 1 atom stereocenters. The molecule has 12 heteroatoms. The summed E-state index contributed by atoms with van der Waals surface area (Å²) < 4.78 is 83.5. The van der Waals surface area contributed by atoms with E-state index in [9.17, 15) is 26.0 Å². The average molecular weight is 513 g/mol. The van der Waals surface area contributed by atoms with E-state index in [0.29, 0.717) is 47.2 Å². The average Bonchev–Trinajstić information content (AvgIpc) is 2.77. The van der Waals surface area contributed by atoms with Crippen molar-refractivity contribution < 1.29 is 30.7 Å². The van der Waals surface area contributed by atoms with E-state index >= 15 is 0 Å². The number of anilines is 1. The number of sulfone groups is 1. The molecule has 2 aromatic heterocycles. The summed E-state index contributed by atoms with van der Waals surface area (Å²) >= 11 is 0. The van der Waals surface area contributed by atoms with Crippen LogP contribution in [-0.4, -0.2) is 42.0 Å². The summed E-state index contributed by atoms with van der Waals surface area (Å²) in [6.45, 7) is 3.17. The van der Waals surface area contributed by atoms with Gasteiger partial charge in [0.25, 0.3) is 0 Å². The molecule has 3 heterocycles. The number of pyridine rings is 1. The standard InChI is InChI=1S/C23H24F4N4O3S/c1-12(15-5-4-6-18(19(15)24)23(25,26)27)28-20-17-11-16(14-7-9-35(32,33)10-8-14)22(34-3)31-21(17)30-13(2)29-20/h4-6,11-12,14H,7-10H2,1-3H3,(H,28,29,30,31)/t12-/m1/s1. The Hall–Kier alpha value is -3.02. The van der Waals surface area contributed by atoms with Crippen molar-refractivity contribution >= 4 is 26.7 Å². The fraction of sp³-hybridized carbons (Fsp3) is 0.435. The summed E-state index contributed by atoms with van der Waals surface area (Å²) in [7, 11) is -1.62. The number of halogens is 4. The molecule has 188 valence electrons. The zero-order chi connectivity index (χ0) is 25.5. The summed E-state index contributed by atoms with van der Waals surface area (Å²) in [5, 5.41) is 3.48. The number of alkyl halides is 3. The lowest BCUT2D eigenvalue weighted by molar-refractivity contribution is -0.140. The molecule has 35 heavy (non-hydrogen) atoms. The molecule has 1 aromatic carbocycles. The minimum absolute atomic E-state index is 0.0558. The first-order chi connectivity index (χ1) is 16.4. The number of hydrogen-bond acceptors (Lipinski definition) is 7. The normalized spacial score (nSPS) is 17.3. The molecule has 0 spiro atoms. The van der Waals surface area contributed by atoms with Gasteiger partial charge in [-0.05, 0) is 44.7 Å². The second kappa shape index (κ2) is 9.21. The number of aryl methyl sites for hydroxylation is 1. The first-order valence-electron chi connectivity index (χ1n) is 11.0. The highest BCUT2D eigenvalue weighted by atomic mass is 32.2. The van der Waals surface area contributed by atoms with Crippen molar-refractivity contribution in [1.29, 1.82) is 0 Å². The molecule has 0 amide bonds. The largest absolute Gasteiger partial charge is 0.481 e. The van der Waals surface area contributed by atoms with Gasteiger partial charge in [0.05, 0.1) is 35.6 Å². The van der Waals surface area contributed by atoms with E-state index < -0.39 is 33.4 Å². The van der Waals surface area contributed by atoms with Crippen molar-refractivity contribution in [3.8, 4) is 5.88 Å². The molecule has 1 aliphatic heterocycles. The maximum Gasteiger partial charge on any atom is 0.419 e. The Morgan fingerprint density at radius 3 is 2.46 bits per heavy atom. The van der Waals surface area contributed by atoms with Crippen molar-refractivity contribution in [1.82, 2.24) is 15.0 Å². The van der Waals surface area contributed by atoms with Crippen LogP contribution >= 0.6 is 0 Å². The van der Waals surface area contributed by atoms with Gasteiger partial charge in [-0.1, -0.05) is 12.1 Å². The van der Waals surface area contributed by atoms with Crippen LogP contribution in [0.5, 0.6) is 5.88 Å².